The predicted octanol–water partition coefficient (Wildman–Crippen LogP) is -2.35. The van der Waals surface area contributed by atoms with Crippen molar-refractivity contribution in [3.05, 3.63) is 133 Å². The van der Waals surface area contributed by atoms with E-state index in [1.165, 1.54) is 117 Å². The lowest BCUT2D eigenvalue weighted by Crippen LogP contribution is -2.46. The van der Waals surface area contributed by atoms with Crippen LogP contribution >= 0.6 is 45.2 Å². The highest BCUT2D eigenvalue weighted by Crippen LogP contribution is 2.28. The Bertz CT molecular complexity index is 4070. The van der Waals surface area contributed by atoms with Gasteiger partial charge < -0.3 is 66.2 Å². The fraction of sp³-hybridized carbons (Fsp3) is 0.328. The average molecular weight is 1770 g/mol. The van der Waals surface area contributed by atoms with Gasteiger partial charge in [-0.2, -0.15) is 19.2 Å². The number of aryl methyl sites for hydroxylation is 1. The number of nitrogens with one attached hydrogen (secondary N) is 7. The molecule has 5 rings (SSSR count). The fourth-order valence-electron chi connectivity index (χ4n) is 8.95. The van der Waals surface area contributed by atoms with Crippen molar-refractivity contribution in [1.29, 1.82) is 0 Å². The Balaban J connectivity index is 0.000000683. The number of benzene rings is 5. The zero-order valence-electron chi connectivity index (χ0n) is 55.4. The number of Topliss-reactive ketones (excluding diaryl/α,β-unsaturated/α-hetero) is 2. The van der Waals surface area contributed by atoms with Gasteiger partial charge in [0.05, 0.1) is 69.3 Å². The van der Waals surface area contributed by atoms with Gasteiger partial charge in [-0.1, -0.05) is 24.3 Å². The Morgan fingerprint density at radius 2 is 0.762 bits per heavy atom. The molecule has 0 bridgehead atoms. The summed E-state index contributed by atoms with van der Waals surface area (Å²) in [5, 5.41) is 52.3. The van der Waals surface area contributed by atoms with Crippen molar-refractivity contribution in [3.63, 3.8) is 0 Å². The minimum Gasteiger partial charge on any atom is -0.755 e. The molecule has 0 saturated carbocycles. The number of phenols is 1. The van der Waals surface area contributed by atoms with E-state index >= 15 is 0 Å². The first kappa shape index (κ1) is 92.3. The Hall–Kier alpha value is -8.81. The van der Waals surface area contributed by atoms with Gasteiger partial charge in [0.2, 0.25) is 49.6 Å². The summed E-state index contributed by atoms with van der Waals surface area (Å²) in [5.74, 6) is -5.11. The number of halogens is 2. The van der Waals surface area contributed by atoms with Gasteiger partial charge in [0.15, 0.2) is 11.6 Å². The SMILES string of the molecule is NCCNC(=O)CN(CCN(CC(=O)O)CC(=O)Nc1ccc(NS(=O)[O-])cc1)CC(=O)Cc1ccc(S(N)(=O)=O)cc1.NS(=O)(=O)c1ccc(CC(=O)CN(CCN(CC(=O)O)CC(=O)Nc2ccc(NS(=O)[O-])cc2)CC(=O)NCCNC(=O)CCc2cc(I)c(O)c(I)c2)cc1.O=C=O.O=C=O. The number of phenolic OH excluding ortho intramolecular Hbond substituents is 1. The lowest BCUT2D eigenvalue weighted by atomic mass is 10.1. The quantitative estimate of drug-likeness (QED) is 0.0110. The summed E-state index contributed by atoms with van der Waals surface area (Å²) in [5.41, 5.74) is 8.56. The molecule has 5 aromatic rings. The lowest BCUT2D eigenvalue weighted by Gasteiger charge is -2.26. The molecule has 38 nitrogen and oxygen atoms in total. The molecule has 0 radical (unpaired) electrons. The largest absolute Gasteiger partial charge is 0.755 e. The van der Waals surface area contributed by atoms with Gasteiger partial charge in [-0.3, -0.25) is 71.2 Å². The minimum atomic E-state index is -3.94. The lowest BCUT2D eigenvalue weighted by molar-refractivity contribution is -0.193. The second-order valence-corrected chi connectivity index (χ2v) is 28.6. The number of aromatic hydroxyl groups is 1. The molecule has 5 aromatic carbocycles. The monoisotopic (exact) mass is 1770 g/mol. The fourth-order valence-corrected chi connectivity index (χ4v) is 12.5. The second kappa shape index (κ2) is 49.1. The number of primary sulfonamides is 2. The molecule has 0 heterocycles. The number of carbonyl (C=O) groups is 9. The number of carboxylic acids is 2. The summed E-state index contributed by atoms with van der Waals surface area (Å²) in [4.78, 5) is 150. The van der Waals surface area contributed by atoms with Crippen LogP contribution in [0.2, 0.25) is 0 Å². The van der Waals surface area contributed by atoms with Gasteiger partial charge in [0.25, 0.3) is 0 Å². The molecular formula is C61H74I2N14O24S4-2. The van der Waals surface area contributed by atoms with Crippen LogP contribution in [-0.4, -0.2) is 239 Å². The van der Waals surface area contributed by atoms with Gasteiger partial charge in [-0.25, -0.2) is 27.1 Å². The number of aliphatic carboxylic acids is 2. The van der Waals surface area contributed by atoms with Gasteiger partial charge >= 0.3 is 24.2 Å². The maximum Gasteiger partial charge on any atom is 0.373 e. The molecule has 0 aromatic heterocycles. The van der Waals surface area contributed by atoms with Crippen LogP contribution in [0.5, 0.6) is 5.75 Å². The third-order valence-electron chi connectivity index (χ3n) is 13.5. The summed E-state index contributed by atoms with van der Waals surface area (Å²) in [6, 6.07) is 26.0. The van der Waals surface area contributed by atoms with E-state index < -0.39 is 91.2 Å². The first-order chi connectivity index (χ1) is 49.4. The summed E-state index contributed by atoms with van der Waals surface area (Å²) >= 11 is -1.01. The van der Waals surface area contributed by atoms with Crippen LogP contribution in [0.15, 0.2) is 119 Å². The van der Waals surface area contributed by atoms with E-state index in [0.717, 1.165) is 5.56 Å². The van der Waals surface area contributed by atoms with E-state index in [0.29, 0.717) is 36.1 Å². The van der Waals surface area contributed by atoms with Gasteiger partial charge in [0.1, 0.15) is 5.75 Å². The maximum atomic E-state index is 13.1. The minimum absolute atomic E-state index is 0.0113. The molecule has 572 valence electrons. The number of nitrogens with two attached hydrogens (primary N) is 3. The van der Waals surface area contributed by atoms with Crippen LogP contribution in [-0.2, 0) is 124 Å². The summed E-state index contributed by atoms with van der Waals surface area (Å²) in [6.45, 7) is -2.02. The molecule has 105 heavy (non-hydrogen) atoms. The van der Waals surface area contributed by atoms with Crippen LogP contribution in [0.25, 0.3) is 0 Å². The molecule has 44 heteroatoms. The molecule has 0 spiro atoms. The van der Waals surface area contributed by atoms with Crippen molar-refractivity contribution in [1.82, 2.24) is 35.6 Å². The van der Waals surface area contributed by atoms with Crippen molar-refractivity contribution < 1.29 is 112 Å². The maximum absolute atomic E-state index is 13.1. The van der Waals surface area contributed by atoms with E-state index in [9.17, 15) is 92.8 Å². The molecule has 0 aliphatic carbocycles. The third-order valence-corrected chi connectivity index (χ3v) is 17.8. The number of amides is 5. The van der Waals surface area contributed by atoms with Crippen molar-refractivity contribution >= 4 is 176 Å². The van der Waals surface area contributed by atoms with Crippen LogP contribution in [0.4, 0.5) is 22.7 Å². The molecular weight excluding hydrogens is 1690 g/mol. The molecule has 2 unspecified atom stereocenters. The first-order valence-electron chi connectivity index (χ1n) is 30.2. The number of carbonyl (C=O) groups excluding carboxylic acids is 11. The highest BCUT2D eigenvalue weighted by atomic mass is 127. The Morgan fingerprint density at radius 1 is 0.457 bits per heavy atom. The van der Waals surface area contributed by atoms with Crippen molar-refractivity contribution in [2.24, 2.45) is 16.0 Å². The molecule has 0 saturated heterocycles. The number of carboxylic acid groups (broad SMARTS) is 2. The highest BCUT2D eigenvalue weighted by molar-refractivity contribution is 14.1. The Morgan fingerprint density at radius 3 is 1.08 bits per heavy atom. The zero-order chi connectivity index (χ0) is 78.8. The van der Waals surface area contributed by atoms with Gasteiger partial charge in [0, 0.05) is 117 Å². The Labute approximate surface area is 633 Å². The van der Waals surface area contributed by atoms with Crippen molar-refractivity contribution in [3.8, 4) is 5.75 Å². The predicted molar refractivity (Wildman–Crippen MR) is 389 cm³/mol. The van der Waals surface area contributed by atoms with Gasteiger partial charge in [-0.15, -0.1) is 0 Å². The summed E-state index contributed by atoms with van der Waals surface area (Å²) in [7, 11) is -7.83. The summed E-state index contributed by atoms with van der Waals surface area (Å²) < 4.78 is 94.9. The average Bonchev–Trinajstić information content (AvgIpc) is 0.868. The highest BCUT2D eigenvalue weighted by Gasteiger charge is 2.23. The molecule has 5 amide bonds. The van der Waals surface area contributed by atoms with Crippen LogP contribution in [0.3, 0.4) is 0 Å². The van der Waals surface area contributed by atoms with Crippen LogP contribution in [0.1, 0.15) is 23.1 Å². The molecule has 0 fully saturated rings. The molecule has 0 aliphatic heterocycles. The van der Waals surface area contributed by atoms with E-state index in [-0.39, 0.29) is 168 Å². The van der Waals surface area contributed by atoms with E-state index in [4.69, 9.17) is 35.2 Å². The van der Waals surface area contributed by atoms with E-state index in [1.54, 1.807) is 12.1 Å². The van der Waals surface area contributed by atoms with Crippen LogP contribution in [0, 0.1) is 7.14 Å². The smallest absolute Gasteiger partial charge is 0.373 e. The molecule has 2 atom stereocenters. The van der Waals surface area contributed by atoms with E-state index in [2.05, 4.69) is 36.0 Å². The summed E-state index contributed by atoms with van der Waals surface area (Å²) in [6.07, 6.45) is 0.957. The topological polar surface area (TPSA) is 606 Å². The van der Waals surface area contributed by atoms with Crippen molar-refractivity contribution in [2.75, 3.05) is 125 Å². The van der Waals surface area contributed by atoms with E-state index in [1.807, 2.05) is 45.2 Å². The van der Waals surface area contributed by atoms with Gasteiger partial charge in [-0.05, 0) is 153 Å². The third kappa shape index (κ3) is 41.5. The first-order valence-corrected chi connectivity index (χ1v) is 37.6. The standard InChI is InChI=1S/C34H41I2N7O11S2.C25H35N7O9S2.2CO2/c35-28-16-23(17-29(36)34(28)50)3-10-30(45)38-11-12-39-31(46)19-42(18-26(44)15-22-1-8-27(9-2-22)56(37,53)54)13-14-43(21-33(48)49)20-32(47)40-24-4-6-25(7-5-24)41-55(51)52;26-9-10-28-23(34)15-31(14-21(33)13-18-1-7-22(8-2-18)43(27,40)41)11-12-32(17-25(36)37)16-24(35)29-19-3-5-20(6-4-19)30-42(38)39;2*2-1-3/h1-2,4-9,16-17,41,50H,3,10-15,18-21H2,(H,38,45)(H,39,46)(H,40,47)(H,48,49)(H,51,52)(H2,37,53,54);1-8,30H,9-17,26H2,(H,28,34)(H,29,35)(H,36,37)(H,38,39)(H2,27,40,41);;/p-2. The number of sulfonamides is 2. The molecule has 16 N–H and O–H groups in total. The zero-order valence-corrected chi connectivity index (χ0v) is 62.9. The van der Waals surface area contributed by atoms with Crippen LogP contribution < -0.4 is 52.0 Å². The number of hydrogen-bond donors (Lipinski definition) is 13. The number of nitrogens with zero attached hydrogens (tertiary/aromatic N) is 4. The number of hydrogen-bond acceptors (Lipinski definition) is 27. The van der Waals surface area contributed by atoms with Crippen molar-refractivity contribution in [2.45, 2.75) is 35.5 Å². The Kier molecular flexibility index (Phi) is 43.1. The number of rotatable bonds is 42. The number of ketones is 2. The normalized spacial score (nSPS) is 11.5. The molecule has 0 aliphatic rings. The number of anilines is 4. The second-order valence-electron chi connectivity index (χ2n) is 21.8.